The van der Waals surface area contributed by atoms with E-state index in [1.807, 2.05) is 40.6 Å². The van der Waals surface area contributed by atoms with Crippen molar-refractivity contribution in [3.8, 4) is 10.6 Å². The van der Waals surface area contributed by atoms with E-state index >= 15 is 0 Å². The Morgan fingerprint density at radius 1 is 1.11 bits per heavy atom. The fourth-order valence-corrected chi connectivity index (χ4v) is 4.55. The van der Waals surface area contributed by atoms with E-state index in [1.165, 1.54) is 11.3 Å². The number of hydrogen-bond acceptors (Lipinski definition) is 6. The Morgan fingerprint density at radius 3 is 2.57 bits per heavy atom. The number of benzene rings is 1. The van der Waals surface area contributed by atoms with Crippen molar-refractivity contribution in [3.63, 3.8) is 0 Å². The number of hydrogen-bond donors (Lipinski definition) is 0. The van der Waals surface area contributed by atoms with Crippen LogP contribution in [0.3, 0.4) is 0 Å². The number of nitrogens with zero attached hydrogens (tertiary/aromatic N) is 3. The van der Waals surface area contributed by atoms with Gasteiger partial charge in [0.25, 0.3) is 5.91 Å². The first-order valence-corrected chi connectivity index (χ1v) is 10.9. The number of rotatable bonds is 6. The van der Waals surface area contributed by atoms with Crippen LogP contribution in [0.25, 0.3) is 10.6 Å². The zero-order chi connectivity index (χ0) is 19.2. The zero-order valence-corrected chi connectivity index (χ0v) is 16.9. The summed E-state index contributed by atoms with van der Waals surface area (Å²) in [7, 11) is 0. The fourth-order valence-electron chi connectivity index (χ4n) is 3.75. The van der Waals surface area contributed by atoms with E-state index in [0.29, 0.717) is 5.69 Å². The van der Waals surface area contributed by atoms with Crippen LogP contribution in [0.15, 0.2) is 35.7 Å². The lowest BCUT2D eigenvalue weighted by atomic mass is 10.1. The summed E-state index contributed by atoms with van der Waals surface area (Å²) in [5.74, 6) is 0.0404. The predicted molar refractivity (Wildman–Crippen MR) is 110 cm³/mol. The molecule has 2 aliphatic rings. The highest BCUT2D eigenvalue weighted by atomic mass is 32.1. The topological polar surface area (TPSA) is 54.9 Å². The van der Waals surface area contributed by atoms with Crippen molar-refractivity contribution in [2.75, 3.05) is 52.6 Å². The predicted octanol–water partition coefficient (Wildman–Crippen LogP) is 2.76. The third-order valence-electron chi connectivity index (χ3n) is 5.40. The van der Waals surface area contributed by atoms with Gasteiger partial charge in [0.05, 0.1) is 13.2 Å². The van der Waals surface area contributed by atoms with E-state index < -0.39 is 0 Å². The monoisotopic (exact) mass is 401 g/mol. The normalized spacial score (nSPS) is 18.9. The molecule has 3 heterocycles. The molecule has 0 atom stereocenters. The molecule has 28 heavy (non-hydrogen) atoms. The number of morpholine rings is 1. The fraction of sp³-hybridized carbons (Fsp3) is 0.524. The van der Waals surface area contributed by atoms with Crippen LogP contribution in [0.4, 0.5) is 0 Å². The van der Waals surface area contributed by atoms with Gasteiger partial charge in [-0.25, -0.2) is 4.98 Å². The molecule has 4 rings (SSSR count). The molecule has 150 valence electrons. The second kappa shape index (κ2) is 9.60. The molecule has 0 bridgehead atoms. The minimum Gasteiger partial charge on any atom is -0.381 e. The second-order valence-corrected chi connectivity index (χ2v) is 8.06. The highest BCUT2D eigenvalue weighted by Crippen LogP contribution is 2.25. The highest BCUT2D eigenvalue weighted by Gasteiger charge is 2.28. The van der Waals surface area contributed by atoms with Gasteiger partial charge in [-0.05, 0) is 12.8 Å². The molecule has 2 saturated heterocycles. The van der Waals surface area contributed by atoms with Crippen molar-refractivity contribution in [1.82, 2.24) is 14.8 Å². The zero-order valence-electron chi connectivity index (χ0n) is 16.1. The van der Waals surface area contributed by atoms with Crippen LogP contribution < -0.4 is 0 Å². The number of ether oxygens (including phenoxy) is 2. The minimum atomic E-state index is 0.0404. The molecule has 7 heteroatoms. The minimum absolute atomic E-state index is 0.0404. The van der Waals surface area contributed by atoms with Crippen LogP contribution in [0, 0.1) is 0 Å². The molecule has 0 aliphatic carbocycles. The van der Waals surface area contributed by atoms with Gasteiger partial charge in [-0.1, -0.05) is 30.3 Å². The Labute approximate surface area is 170 Å². The summed E-state index contributed by atoms with van der Waals surface area (Å²) in [6.07, 6.45) is 1.79. The molecule has 0 unspecified atom stereocenters. The Bertz CT molecular complexity index is 755. The Hall–Kier alpha value is -1.80. The third-order valence-corrected chi connectivity index (χ3v) is 6.29. The highest BCUT2D eigenvalue weighted by molar-refractivity contribution is 7.13. The Kier molecular flexibility index (Phi) is 6.69. The summed E-state index contributed by atoms with van der Waals surface area (Å²) in [5, 5.41) is 2.79. The smallest absolute Gasteiger partial charge is 0.273 e. The van der Waals surface area contributed by atoms with Crippen LogP contribution in [0.5, 0.6) is 0 Å². The van der Waals surface area contributed by atoms with Gasteiger partial charge in [-0.2, -0.15) is 0 Å². The first-order valence-electron chi connectivity index (χ1n) is 10.0. The van der Waals surface area contributed by atoms with Crippen molar-refractivity contribution >= 4 is 17.2 Å². The van der Waals surface area contributed by atoms with Crippen molar-refractivity contribution in [2.45, 2.75) is 18.9 Å². The number of thiazole rings is 1. The molecule has 0 spiro atoms. The molecule has 0 N–H and O–H groups in total. The summed E-state index contributed by atoms with van der Waals surface area (Å²) >= 11 is 1.53. The Morgan fingerprint density at radius 2 is 1.82 bits per heavy atom. The number of aromatic nitrogens is 1. The molecule has 2 aliphatic heterocycles. The average Bonchev–Trinajstić information content (AvgIpc) is 3.26. The van der Waals surface area contributed by atoms with Crippen LogP contribution in [-0.4, -0.2) is 79.3 Å². The van der Waals surface area contributed by atoms with E-state index in [1.54, 1.807) is 0 Å². The summed E-state index contributed by atoms with van der Waals surface area (Å²) in [5.41, 5.74) is 1.61. The largest absolute Gasteiger partial charge is 0.381 e. The molecule has 2 fully saturated rings. The van der Waals surface area contributed by atoms with Gasteiger partial charge in [0.15, 0.2) is 0 Å². The first-order chi connectivity index (χ1) is 13.8. The summed E-state index contributed by atoms with van der Waals surface area (Å²) in [6, 6.07) is 10.3. The summed E-state index contributed by atoms with van der Waals surface area (Å²) in [6.45, 7) is 6.46. The van der Waals surface area contributed by atoms with Gasteiger partial charge in [0.2, 0.25) is 0 Å². The van der Waals surface area contributed by atoms with Crippen molar-refractivity contribution in [2.24, 2.45) is 0 Å². The summed E-state index contributed by atoms with van der Waals surface area (Å²) in [4.78, 5) is 22.4. The molecule has 6 nitrogen and oxygen atoms in total. The average molecular weight is 402 g/mol. The molecule has 1 aromatic heterocycles. The number of carbonyl (C=O) groups is 1. The molecule has 0 radical (unpaired) electrons. The van der Waals surface area contributed by atoms with Crippen LogP contribution >= 0.6 is 11.3 Å². The molecule has 1 amide bonds. The Balaban J connectivity index is 1.48. The van der Waals surface area contributed by atoms with Gasteiger partial charge in [-0.3, -0.25) is 9.69 Å². The quantitative estimate of drug-likeness (QED) is 0.745. The molecular weight excluding hydrogens is 374 g/mol. The first kappa shape index (κ1) is 19.5. The standard InChI is InChI=1S/C21H27N3O3S/c25-21(19-16-28-20(22-19)17-4-2-1-3-5-17)24(18-6-12-26-13-7-18)9-8-23-10-14-27-15-11-23/h1-5,16,18H,6-15H2. The van der Waals surface area contributed by atoms with Crippen LogP contribution in [0.1, 0.15) is 23.3 Å². The van der Waals surface area contributed by atoms with Crippen LogP contribution in [-0.2, 0) is 9.47 Å². The summed E-state index contributed by atoms with van der Waals surface area (Å²) < 4.78 is 11.0. The van der Waals surface area contributed by atoms with Gasteiger partial charge >= 0.3 is 0 Å². The van der Waals surface area contributed by atoms with E-state index in [0.717, 1.165) is 76.0 Å². The molecular formula is C21H27N3O3S. The number of amides is 1. The van der Waals surface area contributed by atoms with Gasteiger partial charge in [-0.15, -0.1) is 11.3 Å². The lowest BCUT2D eigenvalue weighted by Gasteiger charge is -2.36. The van der Waals surface area contributed by atoms with Crippen LogP contribution in [0.2, 0.25) is 0 Å². The lowest BCUT2D eigenvalue weighted by molar-refractivity contribution is 0.0139. The maximum absolute atomic E-state index is 13.3. The third kappa shape index (κ3) is 4.78. The maximum Gasteiger partial charge on any atom is 0.273 e. The van der Waals surface area contributed by atoms with Crippen molar-refractivity contribution < 1.29 is 14.3 Å². The van der Waals surface area contributed by atoms with Crippen molar-refractivity contribution in [1.29, 1.82) is 0 Å². The van der Waals surface area contributed by atoms with Gasteiger partial charge in [0, 0.05) is 56.4 Å². The maximum atomic E-state index is 13.3. The van der Waals surface area contributed by atoms with Gasteiger partial charge in [0.1, 0.15) is 10.7 Å². The SMILES string of the molecule is O=C(c1csc(-c2ccccc2)n1)N(CCN1CCOCC1)C1CCOCC1. The second-order valence-electron chi connectivity index (χ2n) is 7.20. The molecule has 0 saturated carbocycles. The lowest BCUT2D eigenvalue weighted by Crippen LogP contribution is -2.48. The van der Waals surface area contributed by atoms with E-state index in [4.69, 9.17) is 9.47 Å². The van der Waals surface area contributed by atoms with E-state index in [-0.39, 0.29) is 11.9 Å². The van der Waals surface area contributed by atoms with Gasteiger partial charge < -0.3 is 14.4 Å². The number of carbonyl (C=O) groups excluding carboxylic acids is 1. The van der Waals surface area contributed by atoms with E-state index in [2.05, 4.69) is 9.88 Å². The van der Waals surface area contributed by atoms with E-state index in [9.17, 15) is 4.79 Å². The van der Waals surface area contributed by atoms with Crippen molar-refractivity contribution in [3.05, 3.63) is 41.4 Å². The molecule has 2 aromatic rings. The molecule has 1 aromatic carbocycles.